The Hall–Kier alpha value is -0.860. The van der Waals surface area contributed by atoms with Crippen molar-refractivity contribution in [1.29, 1.82) is 0 Å². The summed E-state index contributed by atoms with van der Waals surface area (Å²) in [5.41, 5.74) is 4.58. The molecule has 0 atom stereocenters. The third-order valence-electron chi connectivity index (χ3n) is 7.81. The molecular weight excluding hydrogens is 308 g/mol. The van der Waals surface area contributed by atoms with Crippen LogP contribution in [0.15, 0.2) is 5.10 Å². The molecule has 0 saturated heterocycles. The first-order chi connectivity index (χ1) is 12.2. The number of carbonyl (C=O) groups excluding carboxylic acids is 1. The summed E-state index contributed by atoms with van der Waals surface area (Å²) in [4.78, 5) is 12.3. The van der Waals surface area contributed by atoms with E-state index in [2.05, 4.69) is 12.3 Å². The zero-order chi connectivity index (χ0) is 17.3. The smallest absolute Gasteiger partial charge is 0.240 e. The van der Waals surface area contributed by atoms with Crippen LogP contribution in [0.25, 0.3) is 0 Å². The van der Waals surface area contributed by atoms with Crippen LogP contribution in [0.1, 0.15) is 96.8 Å². The highest BCUT2D eigenvalue weighted by Gasteiger charge is 2.52. The van der Waals surface area contributed by atoms with Crippen LogP contribution >= 0.6 is 0 Å². The van der Waals surface area contributed by atoms with Gasteiger partial charge in [0, 0.05) is 17.5 Å². The van der Waals surface area contributed by atoms with Crippen molar-refractivity contribution in [2.45, 2.75) is 96.8 Å². The van der Waals surface area contributed by atoms with Gasteiger partial charge in [-0.2, -0.15) is 5.10 Å². The topological polar surface area (TPSA) is 41.5 Å². The summed E-state index contributed by atoms with van der Waals surface area (Å²) in [5, 5.41) is 4.71. The van der Waals surface area contributed by atoms with Crippen LogP contribution in [0, 0.1) is 29.1 Å². The molecule has 0 aromatic heterocycles. The van der Waals surface area contributed by atoms with E-state index in [9.17, 15) is 4.79 Å². The number of rotatable bonds is 6. The van der Waals surface area contributed by atoms with Gasteiger partial charge >= 0.3 is 0 Å². The third-order valence-corrected chi connectivity index (χ3v) is 7.81. The lowest BCUT2D eigenvalue weighted by molar-refractivity contribution is -0.121. The summed E-state index contributed by atoms with van der Waals surface area (Å²) < 4.78 is 0. The van der Waals surface area contributed by atoms with Crippen molar-refractivity contribution in [2.75, 3.05) is 0 Å². The molecule has 0 aromatic rings. The minimum atomic E-state index is 0.140. The summed E-state index contributed by atoms with van der Waals surface area (Å²) in [6.07, 6.45) is 17.9. The van der Waals surface area contributed by atoms with Crippen LogP contribution in [0.3, 0.4) is 0 Å². The van der Waals surface area contributed by atoms with Crippen LogP contribution in [-0.2, 0) is 4.79 Å². The molecule has 5 rings (SSSR count). The predicted molar refractivity (Wildman–Crippen MR) is 102 cm³/mol. The van der Waals surface area contributed by atoms with Crippen molar-refractivity contribution in [1.82, 2.24) is 5.43 Å². The van der Waals surface area contributed by atoms with Crippen molar-refractivity contribution in [3.8, 4) is 0 Å². The molecule has 5 aliphatic rings. The molecule has 5 saturated carbocycles. The van der Waals surface area contributed by atoms with Gasteiger partial charge in [-0.25, -0.2) is 5.43 Å². The molecule has 140 valence electrons. The van der Waals surface area contributed by atoms with Gasteiger partial charge in [0.25, 0.3) is 0 Å². The normalized spacial score (nSPS) is 38.1. The molecule has 3 heteroatoms. The van der Waals surface area contributed by atoms with Crippen LogP contribution in [0.5, 0.6) is 0 Å². The SMILES string of the molecule is CC/C(=N/NC(=O)CCC1CCCCC1)C12CC3CC(CC(C3)C1)C2. The average molecular weight is 345 g/mol. The van der Waals surface area contributed by atoms with E-state index in [4.69, 9.17) is 5.10 Å². The van der Waals surface area contributed by atoms with E-state index in [-0.39, 0.29) is 5.91 Å². The monoisotopic (exact) mass is 344 g/mol. The Morgan fingerprint density at radius 2 is 1.60 bits per heavy atom. The average Bonchev–Trinajstić information content (AvgIpc) is 2.60. The van der Waals surface area contributed by atoms with E-state index in [1.807, 2.05) is 0 Å². The number of carbonyl (C=O) groups is 1. The Balaban J connectivity index is 1.33. The maximum Gasteiger partial charge on any atom is 0.240 e. The molecule has 0 heterocycles. The van der Waals surface area contributed by atoms with Gasteiger partial charge in [-0.05, 0) is 75.0 Å². The largest absolute Gasteiger partial charge is 0.273 e. The quantitative estimate of drug-likeness (QED) is 0.505. The van der Waals surface area contributed by atoms with Gasteiger partial charge < -0.3 is 0 Å². The zero-order valence-electron chi connectivity index (χ0n) is 16.1. The molecule has 0 spiro atoms. The Morgan fingerprint density at radius 1 is 1.00 bits per heavy atom. The van der Waals surface area contributed by atoms with E-state index in [0.717, 1.165) is 36.5 Å². The highest BCUT2D eigenvalue weighted by Crippen LogP contribution is 2.60. The van der Waals surface area contributed by atoms with E-state index in [1.54, 1.807) is 0 Å². The highest BCUT2D eigenvalue weighted by atomic mass is 16.2. The van der Waals surface area contributed by atoms with E-state index in [0.29, 0.717) is 11.8 Å². The van der Waals surface area contributed by atoms with Crippen molar-refractivity contribution in [3.05, 3.63) is 0 Å². The highest BCUT2D eigenvalue weighted by molar-refractivity contribution is 5.91. The van der Waals surface area contributed by atoms with Gasteiger partial charge in [0.1, 0.15) is 0 Å². The Morgan fingerprint density at radius 3 is 2.16 bits per heavy atom. The molecule has 5 fully saturated rings. The van der Waals surface area contributed by atoms with Crippen molar-refractivity contribution < 1.29 is 4.79 Å². The Bertz CT molecular complexity index is 483. The Labute approximate surface area is 153 Å². The summed E-state index contributed by atoms with van der Waals surface area (Å²) in [5.74, 6) is 3.72. The van der Waals surface area contributed by atoms with E-state index < -0.39 is 0 Å². The number of nitrogens with zero attached hydrogens (tertiary/aromatic N) is 1. The molecule has 25 heavy (non-hydrogen) atoms. The van der Waals surface area contributed by atoms with Gasteiger partial charge in [-0.3, -0.25) is 4.79 Å². The first-order valence-electron chi connectivity index (χ1n) is 11.0. The third kappa shape index (κ3) is 3.80. The molecule has 0 aromatic carbocycles. The molecule has 1 N–H and O–H groups in total. The summed E-state index contributed by atoms with van der Waals surface area (Å²) >= 11 is 0. The minimum Gasteiger partial charge on any atom is -0.273 e. The maximum absolute atomic E-state index is 12.3. The Kier molecular flexibility index (Phi) is 5.20. The van der Waals surface area contributed by atoms with Crippen LogP contribution in [0.4, 0.5) is 0 Å². The fraction of sp³-hybridized carbons (Fsp3) is 0.909. The molecule has 4 bridgehead atoms. The molecule has 5 aliphatic carbocycles. The van der Waals surface area contributed by atoms with Gasteiger partial charge in [-0.1, -0.05) is 39.0 Å². The summed E-state index contributed by atoms with van der Waals surface area (Å²) in [6, 6.07) is 0. The number of hydrogen-bond donors (Lipinski definition) is 1. The first kappa shape index (κ1) is 17.5. The number of hydrazone groups is 1. The molecular formula is C22H36N2O. The standard InChI is InChI=1S/C22H36N2O/c1-2-20(22-13-17-10-18(14-22)12-19(11-17)15-22)23-24-21(25)9-8-16-6-4-3-5-7-16/h16-19H,2-15H2,1H3,(H,24,25)/b23-20-. The predicted octanol–water partition coefficient (Wildman–Crippen LogP) is 5.45. The molecule has 1 amide bonds. The maximum atomic E-state index is 12.3. The van der Waals surface area contributed by atoms with Crippen molar-refractivity contribution in [3.63, 3.8) is 0 Å². The van der Waals surface area contributed by atoms with Crippen molar-refractivity contribution >= 4 is 11.6 Å². The van der Waals surface area contributed by atoms with Crippen molar-refractivity contribution in [2.24, 2.45) is 34.2 Å². The van der Waals surface area contributed by atoms with Crippen LogP contribution < -0.4 is 5.43 Å². The summed E-state index contributed by atoms with van der Waals surface area (Å²) in [7, 11) is 0. The van der Waals surface area contributed by atoms with Gasteiger partial charge in [0.15, 0.2) is 0 Å². The van der Waals surface area contributed by atoms with E-state index >= 15 is 0 Å². The second kappa shape index (κ2) is 7.40. The van der Waals surface area contributed by atoms with Crippen LogP contribution in [0.2, 0.25) is 0 Å². The lowest BCUT2D eigenvalue weighted by Crippen LogP contribution is -2.50. The minimum absolute atomic E-state index is 0.140. The van der Waals surface area contributed by atoms with Gasteiger partial charge in [0.2, 0.25) is 5.91 Å². The fourth-order valence-electron chi connectivity index (χ4n) is 7.03. The van der Waals surface area contributed by atoms with Gasteiger partial charge in [0.05, 0.1) is 0 Å². The molecule has 3 nitrogen and oxygen atoms in total. The molecule has 0 aliphatic heterocycles. The molecule has 0 radical (unpaired) electrons. The van der Waals surface area contributed by atoms with E-state index in [1.165, 1.54) is 76.3 Å². The van der Waals surface area contributed by atoms with Crippen LogP contribution in [-0.4, -0.2) is 11.6 Å². The first-order valence-corrected chi connectivity index (χ1v) is 11.0. The zero-order valence-corrected chi connectivity index (χ0v) is 16.1. The number of hydrogen-bond acceptors (Lipinski definition) is 2. The fourth-order valence-corrected chi connectivity index (χ4v) is 7.03. The number of amides is 1. The lowest BCUT2D eigenvalue weighted by Gasteiger charge is -2.57. The lowest BCUT2D eigenvalue weighted by atomic mass is 9.48. The second-order valence-corrected chi connectivity index (χ2v) is 9.69. The molecule has 0 unspecified atom stereocenters. The number of nitrogens with one attached hydrogen (secondary N) is 1. The second-order valence-electron chi connectivity index (χ2n) is 9.69. The summed E-state index contributed by atoms with van der Waals surface area (Å²) in [6.45, 7) is 2.23. The van der Waals surface area contributed by atoms with Gasteiger partial charge in [-0.15, -0.1) is 0 Å².